The molecule has 0 radical (unpaired) electrons. The van der Waals surface area contributed by atoms with Gasteiger partial charge in [0, 0.05) is 43.7 Å². The molecule has 1 aliphatic heterocycles. The summed E-state index contributed by atoms with van der Waals surface area (Å²) in [6.07, 6.45) is 5.40. The number of amides is 2. The summed E-state index contributed by atoms with van der Waals surface area (Å²) in [7, 11) is 0. The zero-order valence-corrected chi connectivity index (χ0v) is 21.0. The Balaban J connectivity index is 0.00000341. The standard InChI is InChI=1S/C23H35N5O2.HI/c1-3-24-23(26-13-12-25-21(29)19-10-6-7-17(2)15-19)27-20-11-14-28(16-20)22(30)18-8-4-5-9-18;/h6-7,10,15,18,20H,3-5,8-9,11-14,16H2,1-2H3,(H,25,29)(H2,24,26,27);1H. The van der Waals surface area contributed by atoms with E-state index in [9.17, 15) is 9.59 Å². The van der Waals surface area contributed by atoms with Crippen molar-refractivity contribution in [3.8, 4) is 0 Å². The van der Waals surface area contributed by atoms with Crippen molar-refractivity contribution in [2.45, 2.75) is 52.0 Å². The van der Waals surface area contributed by atoms with Crippen molar-refractivity contribution >= 4 is 41.8 Å². The van der Waals surface area contributed by atoms with E-state index in [1.54, 1.807) is 0 Å². The lowest BCUT2D eigenvalue weighted by atomic mass is 10.1. The van der Waals surface area contributed by atoms with E-state index < -0.39 is 0 Å². The highest BCUT2D eigenvalue weighted by Gasteiger charge is 2.32. The van der Waals surface area contributed by atoms with Crippen LogP contribution in [-0.4, -0.2) is 61.4 Å². The number of hydrogen-bond donors (Lipinski definition) is 3. The summed E-state index contributed by atoms with van der Waals surface area (Å²) in [4.78, 5) is 31.5. The number of guanidine groups is 1. The molecule has 1 saturated carbocycles. The number of aryl methyl sites for hydroxylation is 1. The molecule has 0 bridgehead atoms. The summed E-state index contributed by atoms with van der Waals surface area (Å²) in [5.74, 6) is 1.23. The molecular weight excluding hydrogens is 505 g/mol. The first kappa shape index (κ1) is 25.4. The quantitative estimate of drug-likeness (QED) is 0.215. The van der Waals surface area contributed by atoms with Gasteiger partial charge in [0.05, 0.1) is 6.54 Å². The fraction of sp³-hybridized carbons (Fsp3) is 0.609. The van der Waals surface area contributed by atoms with Gasteiger partial charge in [0.1, 0.15) is 0 Å². The van der Waals surface area contributed by atoms with Gasteiger partial charge in [-0.25, -0.2) is 0 Å². The maximum atomic E-state index is 12.6. The smallest absolute Gasteiger partial charge is 0.251 e. The summed E-state index contributed by atoms with van der Waals surface area (Å²) < 4.78 is 0. The van der Waals surface area contributed by atoms with Crippen LogP contribution in [0.25, 0.3) is 0 Å². The predicted molar refractivity (Wildman–Crippen MR) is 135 cm³/mol. The van der Waals surface area contributed by atoms with E-state index in [0.29, 0.717) is 24.6 Å². The summed E-state index contributed by atoms with van der Waals surface area (Å²) in [5, 5.41) is 9.63. The lowest BCUT2D eigenvalue weighted by Crippen LogP contribution is -2.45. The van der Waals surface area contributed by atoms with Crippen molar-refractivity contribution in [1.29, 1.82) is 0 Å². The van der Waals surface area contributed by atoms with Crippen LogP contribution in [0.5, 0.6) is 0 Å². The van der Waals surface area contributed by atoms with Crippen molar-refractivity contribution in [3.05, 3.63) is 35.4 Å². The van der Waals surface area contributed by atoms with Gasteiger partial charge in [0.25, 0.3) is 5.91 Å². The third-order valence-electron chi connectivity index (χ3n) is 5.84. The molecule has 2 amide bonds. The van der Waals surface area contributed by atoms with Crippen LogP contribution < -0.4 is 16.0 Å². The van der Waals surface area contributed by atoms with Gasteiger partial charge < -0.3 is 20.9 Å². The zero-order chi connectivity index (χ0) is 21.3. The first-order valence-electron chi connectivity index (χ1n) is 11.3. The van der Waals surface area contributed by atoms with Gasteiger partial charge in [-0.2, -0.15) is 0 Å². The number of rotatable bonds is 7. The van der Waals surface area contributed by atoms with Gasteiger partial charge in [-0.3, -0.25) is 14.6 Å². The van der Waals surface area contributed by atoms with Gasteiger partial charge in [0.2, 0.25) is 5.91 Å². The number of carbonyl (C=O) groups is 2. The van der Waals surface area contributed by atoms with Gasteiger partial charge in [0.15, 0.2) is 5.96 Å². The fourth-order valence-electron chi connectivity index (χ4n) is 4.25. The molecule has 8 heteroatoms. The minimum Gasteiger partial charge on any atom is -0.357 e. The number of carbonyl (C=O) groups excluding carboxylic acids is 2. The third-order valence-corrected chi connectivity index (χ3v) is 5.84. The highest BCUT2D eigenvalue weighted by Crippen LogP contribution is 2.27. The van der Waals surface area contributed by atoms with Crippen molar-refractivity contribution in [2.75, 3.05) is 32.7 Å². The molecule has 31 heavy (non-hydrogen) atoms. The molecule has 1 saturated heterocycles. The lowest BCUT2D eigenvalue weighted by Gasteiger charge is -2.21. The predicted octanol–water partition coefficient (Wildman–Crippen LogP) is 2.69. The van der Waals surface area contributed by atoms with E-state index in [2.05, 4.69) is 20.9 Å². The number of aliphatic imine (C=N–C) groups is 1. The highest BCUT2D eigenvalue weighted by molar-refractivity contribution is 14.0. The van der Waals surface area contributed by atoms with Gasteiger partial charge in [-0.1, -0.05) is 30.5 Å². The van der Waals surface area contributed by atoms with E-state index in [1.807, 2.05) is 43.0 Å². The second-order valence-electron chi connectivity index (χ2n) is 8.28. The molecule has 3 rings (SSSR count). The van der Waals surface area contributed by atoms with Crippen LogP contribution in [-0.2, 0) is 4.79 Å². The number of nitrogens with one attached hydrogen (secondary N) is 3. The Morgan fingerprint density at radius 3 is 2.65 bits per heavy atom. The van der Waals surface area contributed by atoms with E-state index >= 15 is 0 Å². The summed E-state index contributed by atoms with van der Waals surface area (Å²) in [5.41, 5.74) is 1.73. The second-order valence-corrected chi connectivity index (χ2v) is 8.28. The van der Waals surface area contributed by atoms with Gasteiger partial charge in [-0.05, 0) is 45.2 Å². The van der Waals surface area contributed by atoms with E-state index in [0.717, 1.165) is 50.4 Å². The Morgan fingerprint density at radius 2 is 1.94 bits per heavy atom. The van der Waals surface area contributed by atoms with Crippen molar-refractivity contribution in [2.24, 2.45) is 10.9 Å². The monoisotopic (exact) mass is 541 g/mol. The Bertz CT molecular complexity index is 764. The second kappa shape index (κ2) is 12.9. The maximum Gasteiger partial charge on any atom is 0.251 e. The summed E-state index contributed by atoms with van der Waals surface area (Å²) in [6, 6.07) is 7.77. The summed E-state index contributed by atoms with van der Waals surface area (Å²) in [6.45, 7) is 7.29. The fourth-order valence-corrected chi connectivity index (χ4v) is 4.25. The normalized spacial score (nSPS) is 19.1. The Hall–Kier alpha value is -1.84. The molecule has 1 aliphatic carbocycles. The Kier molecular flexibility index (Phi) is 10.6. The van der Waals surface area contributed by atoms with Crippen LogP contribution in [0.4, 0.5) is 0 Å². The van der Waals surface area contributed by atoms with E-state index in [4.69, 9.17) is 0 Å². The zero-order valence-electron chi connectivity index (χ0n) is 18.7. The molecule has 1 heterocycles. The van der Waals surface area contributed by atoms with Crippen molar-refractivity contribution < 1.29 is 9.59 Å². The van der Waals surface area contributed by atoms with Crippen molar-refractivity contribution in [1.82, 2.24) is 20.9 Å². The molecule has 1 aromatic carbocycles. The molecule has 1 atom stereocenters. The minimum absolute atomic E-state index is 0. The average Bonchev–Trinajstić information content (AvgIpc) is 3.43. The van der Waals surface area contributed by atoms with Crippen molar-refractivity contribution in [3.63, 3.8) is 0 Å². The van der Waals surface area contributed by atoms with Crippen LogP contribution in [0.2, 0.25) is 0 Å². The number of nitrogens with zero attached hydrogens (tertiary/aromatic N) is 2. The van der Waals surface area contributed by atoms with Gasteiger partial charge in [-0.15, -0.1) is 24.0 Å². The average molecular weight is 541 g/mol. The SMILES string of the molecule is CCNC(=NCCNC(=O)c1cccc(C)c1)NC1CCN(C(=O)C2CCCC2)C1.I. The number of hydrogen-bond acceptors (Lipinski definition) is 3. The molecular formula is C23H36IN5O2. The van der Waals surface area contributed by atoms with Crippen LogP contribution in [0.3, 0.4) is 0 Å². The molecule has 1 unspecified atom stereocenters. The molecule has 7 nitrogen and oxygen atoms in total. The number of likely N-dealkylation sites (tertiary alicyclic amines) is 1. The molecule has 2 fully saturated rings. The van der Waals surface area contributed by atoms with Crippen LogP contribution in [0.15, 0.2) is 29.3 Å². The Labute approximate surface area is 202 Å². The molecule has 3 N–H and O–H groups in total. The molecule has 172 valence electrons. The largest absolute Gasteiger partial charge is 0.357 e. The molecule has 0 aromatic heterocycles. The molecule has 2 aliphatic rings. The van der Waals surface area contributed by atoms with Crippen LogP contribution >= 0.6 is 24.0 Å². The topological polar surface area (TPSA) is 85.8 Å². The van der Waals surface area contributed by atoms with E-state index in [1.165, 1.54) is 12.8 Å². The van der Waals surface area contributed by atoms with E-state index in [-0.39, 0.29) is 41.8 Å². The third kappa shape index (κ3) is 7.66. The highest BCUT2D eigenvalue weighted by atomic mass is 127. The maximum absolute atomic E-state index is 12.6. The first-order chi connectivity index (χ1) is 14.6. The van der Waals surface area contributed by atoms with Gasteiger partial charge >= 0.3 is 0 Å². The number of halogens is 1. The lowest BCUT2D eigenvalue weighted by molar-refractivity contribution is -0.134. The Morgan fingerprint density at radius 1 is 1.16 bits per heavy atom. The molecule has 0 spiro atoms. The molecule has 1 aromatic rings. The number of benzene rings is 1. The first-order valence-corrected chi connectivity index (χ1v) is 11.3. The van der Waals surface area contributed by atoms with Crippen LogP contribution in [0.1, 0.15) is 54.9 Å². The minimum atomic E-state index is -0.0799. The van der Waals surface area contributed by atoms with Crippen LogP contribution in [0, 0.1) is 12.8 Å². The summed E-state index contributed by atoms with van der Waals surface area (Å²) >= 11 is 0.